The van der Waals surface area contributed by atoms with Crippen LogP contribution in [-0.2, 0) is 0 Å². The Morgan fingerprint density at radius 1 is 1.05 bits per heavy atom. The van der Waals surface area contributed by atoms with Crippen LogP contribution in [0.25, 0.3) is 0 Å². The number of rotatable bonds is 6. The average molecular weight is 297 g/mol. The van der Waals surface area contributed by atoms with Crippen LogP contribution >= 0.6 is 0 Å². The Morgan fingerprint density at radius 3 is 2.55 bits per heavy atom. The second-order valence-electron chi connectivity index (χ2n) is 5.32. The van der Waals surface area contributed by atoms with Crippen molar-refractivity contribution < 1.29 is 4.79 Å². The number of aryl methyl sites for hydroxylation is 1. The summed E-state index contributed by atoms with van der Waals surface area (Å²) in [5, 5.41) is 6.26. The maximum absolute atomic E-state index is 12.3. The van der Waals surface area contributed by atoms with Crippen LogP contribution in [0.3, 0.4) is 0 Å². The van der Waals surface area contributed by atoms with E-state index in [0.29, 0.717) is 18.7 Å². The van der Waals surface area contributed by atoms with E-state index < -0.39 is 0 Å². The van der Waals surface area contributed by atoms with Gasteiger partial charge in [0.2, 0.25) is 0 Å². The van der Waals surface area contributed by atoms with Gasteiger partial charge in [0.05, 0.1) is 11.3 Å². The van der Waals surface area contributed by atoms with E-state index in [-0.39, 0.29) is 5.91 Å². The fourth-order valence-electron chi connectivity index (χ4n) is 2.22. The van der Waals surface area contributed by atoms with Crippen LogP contribution in [0.15, 0.2) is 42.5 Å². The topological polar surface area (TPSA) is 67.2 Å². The molecule has 1 amide bonds. The highest BCUT2D eigenvalue weighted by molar-refractivity contribution is 6.00. The highest BCUT2D eigenvalue weighted by atomic mass is 16.1. The molecule has 4 nitrogen and oxygen atoms in total. The highest BCUT2D eigenvalue weighted by Crippen LogP contribution is 2.25. The van der Waals surface area contributed by atoms with Gasteiger partial charge in [-0.2, -0.15) is 0 Å². The van der Waals surface area contributed by atoms with Crippen molar-refractivity contribution in [1.82, 2.24) is 5.32 Å². The number of carbonyl (C=O) groups is 1. The van der Waals surface area contributed by atoms with Gasteiger partial charge in [-0.1, -0.05) is 24.3 Å². The van der Waals surface area contributed by atoms with Crippen LogP contribution in [0, 0.1) is 13.8 Å². The van der Waals surface area contributed by atoms with Gasteiger partial charge in [0, 0.05) is 12.2 Å². The predicted molar refractivity (Wildman–Crippen MR) is 91.6 cm³/mol. The molecule has 0 saturated carbocycles. The normalized spacial score (nSPS) is 10.3. The number of nitrogens with two attached hydrogens (primary N) is 1. The molecule has 0 spiro atoms. The van der Waals surface area contributed by atoms with Gasteiger partial charge in [0.1, 0.15) is 0 Å². The van der Waals surface area contributed by atoms with E-state index in [0.717, 1.165) is 17.8 Å². The first-order chi connectivity index (χ1) is 10.6. The second-order valence-corrected chi connectivity index (χ2v) is 5.32. The van der Waals surface area contributed by atoms with Crippen molar-refractivity contribution in [3.63, 3.8) is 0 Å². The summed E-state index contributed by atoms with van der Waals surface area (Å²) in [6.45, 7) is 5.31. The summed E-state index contributed by atoms with van der Waals surface area (Å²) < 4.78 is 0. The number of carbonyl (C=O) groups excluding carboxylic acids is 1. The van der Waals surface area contributed by atoms with E-state index in [2.05, 4.69) is 30.5 Å². The van der Waals surface area contributed by atoms with E-state index in [4.69, 9.17) is 5.73 Å². The molecule has 0 aliphatic heterocycles. The van der Waals surface area contributed by atoms with Gasteiger partial charge < -0.3 is 16.4 Å². The second kappa shape index (κ2) is 7.61. The summed E-state index contributed by atoms with van der Waals surface area (Å²) in [4.78, 5) is 12.3. The van der Waals surface area contributed by atoms with Crippen LogP contribution in [0.2, 0.25) is 0 Å². The number of anilines is 2. The molecule has 0 bridgehead atoms. The molecule has 0 aliphatic rings. The number of amides is 1. The Kier molecular flexibility index (Phi) is 5.55. The van der Waals surface area contributed by atoms with Crippen molar-refractivity contribution in [2.45, 2.75) is 20.3 Å². The Labute approximate surface area is 131 Å². The fraction of sp³-hybridized carbons (Fsp3) is 0.278. The lowest BCUT2D eigenvalue weighted by Gasteiger charge is -2.15. The van der Waals surface area contributed by atoms with E-state index in [9.17, 15) is 4.79 Å². The van der Waals surface area contributed by atoms with Gasteiger partial charge in [0.25, 0.3) is 5.91 Å². The molecule has 2 aromatic rings. The molecule has 0 unspecified atom stereocenters. The zero-order valence-electron chi connectivity index (χ0n) is 13.1. The molecule has 0 heterocycles. The van der Waals surface area contributed by atoms with Crippen LogP contribution in [0.4, 0.5) is 11.4 Å². The molecule has 116 valence electrons. The van der Waals surface area contributed by atoms with Crippen molar-refractivity contribution in [3.05, 3.63) is 59.2 Å². The zero-order chi connectivity index (χ0) is 15.9. The molecule has 0 aromatic heterocycles. The largest absolute Gasteiger partial charge is 0.355 e. The first-order valence-electron chi connectivity index (χ1n) is 7.54. The van der Waals surface area contributed by atoms with Crippen molar-refractivity contribution in [2.24, 2.45) is 5.73 Å². The lowest BCUT2D eigenvalue weighted by molar-refractivity contribution is 0.0954. The number of hydrogen-bond acceptors (Lipinski definition) is 3. The van der Waals surface area contributed by atoms with E-state index in [1.54, 1.807) is 0 Å². The smallest absolute Gasteiger partial charge is 0.253 e. The number of benzene rings is 2. The van der Waals surface area contributed by atoms with Crippen molar-refractivity contribution in [3.8, 4) is 0 Å². The number of para-hydroxylation sites is 1. The Hall–Kier alpha value is -2.33. The third kappa shape index (κ3) is 3.86. The van der Waals surface area contributed by atoms with E-state index in [1.807, 2.05) is 36.4 Å². The summed E-state index contributed by atoms with van der Waals surface area (Å²) in [6.07, 6.45) is 0.776. The fourth-order valence-corrected chi connectivity index (χ4v) is 2.22. The third-order valence-corrected chi connectivity index (χ3v) is 3.71. The summed E-state index contributed by atoms with van der Waals surface area (Å²) in [6, 6.07) is 13.6. The Balaban J connectivity index is 2.21. The summed E-state index contributed by atoms with van der Waals surface area (Å²) in [5.74, 6) is -0.0816. The van der Waals surface area contributed by atoms with Crippen LogP contribution < -0.4 is 16.4 Å². The third-order valence-electron chi connectivity index (χ3n) is 3.71. The highest BCUT2D eigenvalue weighted by Gasteiger charge is 2.11. The molecular weight excluding hydrogens is 274 g/mol. The molecule has 0 aliphatic carbocycles. The zero-order valence-corrected chi connectivity index (χ0v) is 13.1. The number of nitrogens with one attached hydrogen (secondary N) is 2. The van der Waals surface area contributed by atoms with Crippen molar-refractivity contribution in [2.75, 3.05) is 18.4 Å². The minimum absolute atomic E-state index is 0.0816. The summed E-state index contributed by atoms with van der Waals surface area (Å²) in [5.41, 5.74) is 10.3. The van der Waals surface area contributed by atoms with Crippen LogP contribution in [0.1, 0.15) is 27.9 Å². The molecule has 0 saturated heterocycles. The van der Waals surface area contributed by atoms with Crippen molar-refractivity contribution >= 4 is 17.3 Å². The summed E-state index contributed by atoms with van der Waals surface area (Å²) >= 11 is 0. The minimum Gasteiger partial charge on any atom is -0.355 e. The molecule has 4 N–H and O–H groups in total. The first kappa shape index (κ1) is 16.0. The van der Waals surface area contributed by atoms with Crippen LogP contribution in [-0.4, -0.2) is 19.0 Å². The standard InChI is InChI=1S/C18H23N3O/c1-13-7-5-10-16(14(13)2)21-17-9-4-3-8-15(17)18(22)20-12-6-11-19/h3-5,7-10,21H,6,11-12,19H2,1-2H3,(H,20,22). The molecule has 2 aromatic carbocycles. The SMILES string of the molecule is Cc1cccc(Nc2ccccc2C(=O)NCCCN)c1C. The average Bonchev–Trinajstić information content (AvgIpc) is 2.52. The predicted octanol–water partition coefficient (Wildman–Crippen LogP) is 3.13. The van der Waals surface area contributed by atoms with Gasteiger partial charge in [-0.15, -0.1) is 0 Å². The van der Waals surface area contributed by atoms with Gasteiger partial charge in [-0.3, -0.25) is 4.79 Å². The number of hydrogen-bond donors (Lipinski definition) is 3. The minimum atomic E-state index is -0.0816. The Bertz CT molecular complexity index is 653. The van der Waals surface area contributed by atoms with E-state index >= 15 is 0 Å². The first-order valence-corrected chi connectivity index (χ1v) is 7.54. The molecule has 0 atom stereocenters. The Morgan fingerprint density at radius 2 is 1.77 bits per heavy atom. The van der Waals surface area contributed by atoms with Gasteiger partial charge >= 0.3 is 0 Å². The van der Waals surface area contributed by atoms with E-state index in [1.165, 1.54) is 11.1 Å². The molecule has 4 heteroatoms. The maximum atomic E-state index is 12.3. The lowest BCUT2D eigenvalue weighted by Crippen LogP contribution is -2.26. The van der Waals surface area contributed by atoms with Gasteiger partial charge in [-0.25, -0.2) is 0 Å². The lowest BCUT2D eigenvalue weighted by atomic mass is 10.1. The van der Waals surface area contributed by atoms with Crippen molar-refractivity contribution in [1.29, 1.82) is 0 Å². The van der Waals surface area contributed by atoms with Gasteiger partial charge in [0.15, 0.2) is 0 Å². The molecule has 22 heavy (non-hydrogen) atoms. The molecule has 0 radical (unpaired) electrons. The summed E-state index contributed by atoms with van der Waals surface area (Å²) in [7, 11) is 0. The molecular formula is C18H23N3O. The van der Waals surface area contributed by atoms with Gasteiger partial charge in [-0.05, 0) is 56.1 Å². The van der Waals surface area contributed by atoms with Crippen LogP contribution in [0.5, 0.6) is 0 Å². The molecule has 0 fully saturated rings. The molecule has 2 rings (SSSR count). The maximum Gasteiger partial charge on any atom is 0.253 e. The monoisotopic (exact) mass is 297 g/mol. The quantitative estimate of drug-likeness (QED) is 0.718.